The van der Waals surface area contributed by atoms with Crippen LogP contribution in [0.3, 0.4) is 0 Å². The van der Waals surface area contributed by atoms with Gasteiger partial charge in [0.25, 0.3) is 11.5 Å². The summed E-state index contributed by atoms with van der Waals surface area (Å²) in [6.45, 7) is -7.03. The highest BCUT2D eigenvalue weighted by Crippen LogP contribution is 2.24. The maximum Gasteiger partial charge on any atom is 0.326 e. The molecule has 2 aromatic heterocycles. The summed E-state index contributed by atoms with van der Waals surface area (Å²) in [5, 5.41) is 220. The topological polar surface area (TPSA) is 927 Å². The molecule has 0 aliphatic heterocycles. The van der Waals surface area contributed by atoms with Crippen molar-refractivity contribution < 1.29 is 184 Å². The summed E-state index contributed by atoms with van der Waals surface area (Å²) in [5.41, 5.74) is 11.4. The summed E-state index contributed by atoms with van der Waals surface area (Å²) in [4.78, 5) is 255. The number of ketones is 4. The van der Waals surface area contributed by atoms with Crippen LogP contribution in [0.15, 0.2) is 35.3 Å². The third-order valence-electron chi connectivity index (χ3n) is 20.2. The number of thiol groups is 1. The Bertz CT molecular complexity index is 4400. The fraction of sp³-hybridized carbons (Fsp3) is 0.618. The van der Waals surface area contributed by atoms with Gasteiger partial charge in [-0.05, 0) is 62.8 Å². The molecule has 53 nitrogen and oxygen atoms in total. The molecule has 130 heavy (non-hydrogen) atoms. The maximum absolute atomic E-state index is 14.9. The highest BCUT2D eigenvalue weighted by Gasteiger charge is 2.39. The van der Waals surface area contributed by atoms with E-state index in [1.165, 1.54) is 30.5 Å². The average molecular weight is 1880 g/mol. The van der Waals surface area contributed by atoms with Gasteiger partial charge in [0, 0.05) is 125 Å². The molecule has 2 heterocycles. The van der Waals surface area contributed by atoms with Crippen molar-refractivity contribution in [1.82, 2.24) is 62.5 Å². The van der Waals surface area contributed by atoms with Crippen molar-refractivity contribution >= 4 is 136 Å². The molecular weight excluding hydrogens is 1760 g/mol. The molecule has 1 aromatic carbocycles. The highest BCUT2D eigenvalue weighted by molar-refractivity contribution is 7.80. The van der Waals surface area contributed by atoms with E-state index in [2.05, 4.69) is 75.1 Å². The standard InChI is InChI=1S/C76H113N15O38S/c77-40(72(124)89-44(21-59(112)113)47(98)20-36(31-130)74(126)127)24-84-68(120)34(4-13-55(106)81-26-49(100)62(115)65(118)52(103)29-93)18-45(96)41(10-15-57(108)109)87-71(123)35(5-14-56(107)82-27-50(101)63(116)66(119)53(104)30-94)19-46(97)42(11-16-58(110)111)86-70(122)33(3-12-54(105)80-25-48(99)61(114)64(117)51(102)28-92)17-39(95)8-9-43(75(128)129)88-69(121)32-1-6-37(7-2-32)79-22-38-23-83-67-60(85-38)73(125)91-76(78)90-67/h1-2,6-7,23,33-36,40-44,48-53,61-66,79,92-94,99-104,114-119,130H,3-5,8-22,24-31,77H2,(H,80,105)(H,81,106)(H,82,107)(H,84,120)(H,86,122)(H,87,123)(H,88,121)(H,89,124)(H,108,109)(H,110,111)(H,112,113)(H,126,127)(H,128,129)(H3,78,83,90,91,125)/t33-,34-,35-,36+,40+,41+,42+,43+,44+,48+,49+,50+,51-,52-,53-,61-,62-,63-,64-,65-,66-/m1/s1. The van der Waals surface area contributed by atoms with E-state index >= 15 is 0 Å². The van der Waals surface area contributed by atoms with E-state index in [4.69, 9.17) is 11.5 Å². The second-order valence-electron chi connectivity index (χ2n) is 30.3. The van der Waals surface area contributed by atoms with Crippen LogP contribution in [0.1, 0.15) is 125 Å². The lowest BCUT2D eigenvalue weighted by Crippen LogP contribution is -2.53. The van der Waals surface area contributed by atoms with E-state index in [-0.39, 0.29) is 34.9 Å². The molecule has 0 unspecified atom stereocenters. The number of nitrogens with two attached hydrogens (primary N) is 2. The summed E-state index contributed by atoms with van der Waals surface area (Å²) >= 11 is 3.87. The lowest BCUT2D eigenvalue weighted by atomic mass is 9.89. The van der Waals surface area contributed by atoms with Crippen molar-refractivity contribution in [2.75, 3.05) is 62.8 Å². The summed E-state index contributed by atoms with van der Waals surface area (Å²) in [5.74, 6) is -30.4. The van der Waals surface area contributed by atoms with Crippen molar-refractivity contribution in [2.45, 2.75) is 219 Å². The van der Waals surface area contributed by atoms with Gasteiger partial charge in [0.05, 0.1) is 87.0 Å². The molecule has 21 atom stereocenters. The van der Waals surface area contributed by atoms with Gasteiger partial charge in [-0.15, -0.1) is 0 Å². The number of aliphatic hydroxyl groups is 15. The molecule has 0 aliphatic carbocycles. The largest absolute Gasteiger partial charge is 0.481 e. The van der Waals surface area contributed by atoms with Gasteiger partial charge < -0.3 is 161 Å². The van der Waals surface area contributed by atoms with Crippen LogP contribution in [-0.2, 0) is 83.3 Å². The second kappa shape index (κ2) is 56.9. The molecule has 34 N–H and O–H groups in total. The number of H-pyrrole nitrogens is 1. The summed E-state index contributed by atoms with van der Waals surface area (Å²) in [6.07, 6.45) is -39.8. The van der Waals surface area contributed by atoms with Crippen LogP contribution in [-0.4, -0.2) is 378 Å². The SMILES string of the molecule is Nc1nc2ncc(CNc3ccc(C(=O)N[C@@H](CCC(=O)C[C@@H](CCC(=O)NC[C@H](O)[C@@H](O)[C@H](O)[C@H](O)CO)C(=O)N[C@@H](CCC(=O)O)C(=O)C[C@@H](CCC(=O)NC[C@H](O)[C@@H](O)[C@H](O)[C@H](O)CO)C(=O)N[C@@H](CCC(=O)O)C(=O)C[C@@H](CCC(=O)NC[C@H](O)[C@@H](O)[C@H](O)[C@H](O)CO)C(=O)NC[C@H](N)C(=O)N[C@@H](CC(=O)O)C(=O)C[C@@H](CS)C(=O)O)C(=O)O)cc3)nc2c(=O)[nH]1. The van der Waals surface area contributed by atoms with Gasteiger partial charge in [-0.2, -0.15) is 17.6 Å². The van der Waals surface area contributed by atoms with Gasteiger partial charge in [0.1, 0.15) is 72.8 Å². The monoisotopic (exact) mass is 1880 g/mol. The average Bonchev–Trinajstić information content (AvgIpc) is 0.816. The van der Waals surface area contributed by atoms with Gasteiger partial charge in [0.15, 0.2) is 28.5 Å². The first kappa shape index (κ1) is 113. The summed E-state index contributed by atoms with van der Waals surface area (Å²) in [7, 11) is 0. The molecule has 726 valence electrons. The van der Waals surface area contributed by atoms with Crippen LogP contribution in [0.5, 0.6) is 0 Å². The Morgan fingerprint density at radius 3 is 1.22 bits per heavy atom. The number of hydrogen-bond donors (Lipinski definition) is 33. The van der Waals surface area contributed by atoms with E-state index < -0.39 is 394 Å². The molecule has 0 aliphatic rings. The number of anilines is 2. The number of nitrogen functional groups attached to an aromatic ring is 1. The number of fused-ring (bicyclic) bond motifs is 1. The third kappa shape index (κ3) is 39.5. The first-order valence-electron chi connectivity index (χ1n) is 40.3. The predicted molar refractivity (Wildman–Crippen MR) is 441 cm³/mol. The van der Waals surface area contributed by atoms with Crippen molar-refractivity contribution in [3.8, 4) is 0 Å². The molecule has 0 bridgehead atoms. The fourth-order valence-corrected chi connectivity index (χ4v) is 12.6. The number of rotatable bonds is 66. The molecule has 3 aromatic rings. The Hall–Kier alpha value is -11.5. The first-order valence-corrected chi connectivity index (χ1v) is 40.9. The normalized spacial score (nSPS) is 16.3. The molecule has 0 saturated carbocycles. The molecule has 0 fully saturated rings. The minimum atomic E-state index is -2.26. The summed E-state index contributed by atoms with van der Waals surface area (Å²) in [6, 6.07) is -4.51. The van der Waals surface area contributed by atoms with Crippen molar-refractivity contribution in [3.05, 3.63) is 52.1 Å². The molecule has 0 radical (unpaired) electrons. The number of aliphatic carboxylic acids is 5. The number of aromatic nitrogens is 4. The zero-order chi connectivity index (χ0) is 98.1. The molecule has 0 spiro atoms. The highest BCUT2D eigenvalue weighted by atomic mass is 32.1. The van der Waals surface area contributed by atoms with Crippen LogP contribution in [0, 0.1) is 23.7 Å². The van der Waals surface area contributed by atoms with E-state index in [1.807, 2.05) is 5.32 Å². The van der Waals surface area contributed by atoms with E-state index in [1.54, 1.807) is 0 Å². The van der Waals surface area contributed by atoms with Crippen molar-refractivity contribution in [3.63, 3.8) is 0 Å². The molecule has 8 amide bonds. The minimum absolute atomic E-state index is 0.00512. The van der Waals surface area contributed by atoms with E-state index in [9.17, 15) is 188 Å². The first-order chi connectivity index (χ1) is 61.1. The zero-order valence-electron chi connectivity index (χ0n) is 69.6. The number of hydrogen-bond acceptors (Lipinski definition) is 40. The maximum atomic E-state index is 14.9. The number of carbonyl (C=O) groups is 17. The fourth-order valence-electron chi connectivity index (χ4n) is 12.3. The number of nitrogens with zero attached hydrogens (tertiary/aromatic N) is 3. The molecular formula is C76H113N15O38S. The van der Waals surface area contributed by atoms with Crippen LogP contribution in [0.25, 0.3) is 11.2 Å². The van der Waals surface area contributed by atoms with Crippen LogP contribution in [0.2, 0.25) is 0 Å². The number of benzene rings is 1. The Labute approximate surface area is 742 Å². The van der Waals surface area contributed by atoms with Gasteiger partial charge in [-0.1, -0.05) is 0 Å². The number of Topliss-reactive ketones (excluding diaryl/α,β-unsaturated/α-hetero) is 4. The van der Waals surface area contributed by atoms with Crippen LogP contribution in [0.4, 0.5) is 11.6 Å². The Morgan fingerprint density at radius 2 is 0.815 bits per heavy atom. The van der Waals surface area contributed by atoms with Gasteiger partial charge in [-0.3, -0.25) is 86.5 Å². The molecule has 3 rings (SSSR count). The Kier molecular flexibility index (Phi) is 49.3. The van der Waals surface area contributed by atoms with Gasteiger partial charge >= 0.3 is 29.8 Å². The number of amides is 8. The van der Waals surface area contributed by atoms with Crippen molar-refractivity contribution in [2.24, 2.45) is 29.4 Å². The minimum Gasteiger partial charge on any atom is -0.481 e. The van der Waals surface area contributed by atoms with Crippen LogP contribution >= 0.6 is 12.6 Å². The number of carbonyl (C=O) groups excluding carboxylic acids is 12. The number of aliphatic hydroxyl groups excluding tert-OH is 15. The lowest BCUT2D eigenvalue weighted by molar-refractivity contribution is -0.144. The van der Waals surface area contributed by atoms with E-state index in [0.29, 0.717) is 5.69 Å². The predicted octanol–water partition coefficient (Wildman–Crippen LogP) is -12.7. The van der Waals surface area contributed by atoms with Crippen molar-refractivity contribution in [1.29, 1.82) is 0 Å². The van der Waals surface area contributed by atoms with Crippen LogP contribution < -0.4 is 64.9 Å². The molecule has 0 saturated heterocycles. The number of carboxylic acids is 5. The lowest BCUT2D eigenvalue weighted by Gasteiger charge is -2.26. The third-order valence-corrected chi connectivity index (χ3v) is 20.6. The zero-order valence-corrected chi connectivity index (χ0v) is 70.5. The number of aromatic amines is 1. The Morgan fingerprint density at radius 1 is 0.415 bits per heavy atom. The summed E-state index contributed by atoms with van der Waals surface area (Å²) < 4.78 is 0. The smallest absolute Gasteiger partial charge is 0.326 e. The second-order valence-corrected chi connectivity index (χ2v) is 30.7. The number of nitrogens with one attached hydrogen (secondary N) is 10. The quantitative estimate of drug-likeness (QED) is 0.0233. The number of carboxylic acid groups (broad SMARTS) is 5. The van der Waals surface area contributed by atoms with Gasteiger partial charge in [0.2, 0.25) is 47.3 Å². The molecule has 54 heteroatoms. The Balaban J connectivity index is 2.12. The van der Waals surface area contributed by atoms with E-state index in [0.717, 1.165) is 0 Å². The van der Waals surface area contributed by atoms with Gasteiger partial charge in [-0.25, -0.2) is 14.8 Å².